The fourth-order valence-electron chi connectivity index (χ4n) is 2.55. The maximum atomic E-state index is 12.4. The van der Waals surface area contributed by atoms with Gasteiger partial charge in [-0.15, -0.1) is 5.10 Å². The molecule has 0 spiro atoms. The van der Waals surface area contributed by atoms with Gasteiger partial charge in [0.2, 0.25) is 5.91 Å². The van der Waals surface area contributed by atoms with Crippen LogP contribution in [0, 0.1) is 0 Å². The lowest BCUT2D eigenvalue weighted by atomic mass is 10.1. The molecule has 26 heavy (non-hydrogen) atoms. The maximum Gasteiger partial charge on any atom is 0.264 e. The van der Waals surface area contributed by atoms with E-state index in [-0.39, 0.29) is 18.0 Å². The highest BCUT2D eigenvalue weighted by Gasteiger charge is 2.11. The number of aryl methyl sites for hydroxylation is 1. The summed E-state index contributed by atoms with van der Waals surface area (Å²) in [6.07, 6.45) is 2.80. The van der Waals surface area contributed by atoms with Gasteiger partial charge in [-0.3, -0.25) is 18.8 Å². The second-order valence-electron chi connectivity index (χ2n) is 5.60. The van der Waals surface area contributed by atoms with Crippen molar-refractivity contribution in [3.63, 3.8) is 0 Å². The summed E-state index contributed by atoms with van der Waals surface area (Å²) >= 11 is 1.28. The summed E-state index contributed by atoms with van der Waals surface area (Å²) in [5, 5.41) is 13.0. The van der Waals surface area contributed by atoms with Gasteiger partial charge in [-0.1, -0.05) is 16.6 Å². The molecule has 0 aliphatic carbocycles. The monoisotopic (exact) mass is 367 g/mol. The van der Waals surface area contributed by atoms with Crippen LogP contribution in [0.3, 0.4) is 0 Å². The molecule has 0 aliphatic heterocycles. The molecule has 0 saturated carbocycles. The quantitative estimate of drug-likeness (QED) is 0.582. The van der Waals surface area contributed by atoms with Crippen LogP contribution in [-0.2, 0) is 18.4 Å². The molecule has 0 unspecified atom stereocenters. The van der Waals surface area contributed by atoms with E-state index in [0.29, 0.717) is 16.7 Å². The Morgan fingerprint density at radius 1 is 1.27 bits per heavy atom. The minimum absolute atomic E-state index is 0.131. The minimum atomic E-state index is -0.319. The summed E-state index contributed by atoms with van der Waals surface area (Å²) in [4.78, 5) is 28.8. The fraction of sp³-hybridized carbons (Fsp3) is 0.125. The van der Waals surface area contributed by atoms with Gasteiger partial charge in [0.05, 0.1) is 6.20 Å². The zero-order valence-electron chi connectivity index (χ0n) is 13.7. The van der Waals surface area contributed by atoms with E-state index in [1.165, 1.54) is 33.3 Å². The van der Waals surface area contributed by atoms with Gasteiger partial charge in [-0.25, -0.2) is 4.98 Å². The van der Waals surface area contributed by atoms with Crippen LogP contribution >= 0.6 is 11.5 Å². The van der Waals surface area contributed by atoms with Gasteiger partial charge in [0, 0.05) is 23.7 Å². The zero-order chi connectivity index (χ0) is 18.1. The second kappa shape index (κ2) is 6.48. The number of amides is 1. The molecule has 0 saturated heterocycles. The highest BCUT2D eigenvalue weighted by molar-refractivity contribution is 7.03. The van der Waals surface area contributed by atoms with E-state index in [0.717, 1.165) is 11.3 Å². The average molecular weight is 367 g/mol. The van der Waals surface area contributed by atoms with Crippen LogP contribution in [0.1, 0.15) is 0 Å². The standard InChI is InChI=1S/C16H13N7O2S/c1-22-15-12(6-18-22)16(25)23(9-17-15)7-14(24)19-11-4-2-10(3-5-11)13-8-26-21-20-13/h2-6,8-9H,7H2,1H3,(H,19,24). The third-order valence-electron chi connectivity index (χ3n) is 3.86. The number of aromatic nitrogens is 6. The van der Waals surface area contributed by atoms with Gasteiger partial charge < -0.3 is 5.32 Å². The summed E-state index contributed by atoms with van der Waals surface area (Å²) < 4.78 is 6.60. The van der Waals surface area contributed by atoms with Crippen molar-refractivity contribution in [2.24, 2.45) is 7.05 Å². The van der Waals surface area contributed by atoms with E-state index in [2.05, 4.69) is 25.0 Å². The van der Waals surface area contributed by atoms with E-state index in [4.69, 9.17) is 0 Å². The van der Waals surface area contributed by atoms with Gasteiger partial charge in [-0.2, -0.15) is 5.10 Å². The summed E-state index contributed by atoms with van der Waals surface area (Å²) in [5.41, 5.74) is 2.52. The molecule has 0 atom stereocenters. The number of benzene rings is 1. The molecule has 3 heterocycles. The first-order valence-corrected chi connectivity index (χ1v) is 8.50. The number of carbonyl (C=O) groups excluding carboxylic acids is 1. The Balaban J connectivity index is 1.49. The Labute approximate surface area is 151 Å². The van der Waals surface area contributed by atoms with Crippen LogP contribution in [0.25, 0.3) is 22.3 Å². The van der Waals surface area contributed by atoms with Gasteiger partial charge >= 0.3 is 0 Å². The third kappa shape index (κ3) is 2.97. The minimum Gasteiger partial charge on any atom is -0.325 e. The summed E-state index contributed by atoms with van der Waals surface area (Å²) in [6, 6.07) is 7.25. The van der Waals surface area contributed by atoms with Crippen molar-refractivity contribution < 1.29 is 4.79 Å². The van der Waals surface area contributed by atoms with Crippen molar-refractivity contribution in [1.82, 2.24) is 28.9 Å². The fourth-order valence-corrected chi connectivity index (χ4v) is 3.01. The molecule has 10 heteroatoms. The van der Waals surface area contributed by atoms with Gasteiger partial charge in [0.1, 0.15) is 24.0 Å². The second-order valence-corrected chi connectivity index (χ2v) is 6.21. The average Bonchev–Trinajstić information content (AvgIpc) is 3.29. The summed E-state index contributed by atoms with van der Waals surface area (Å²) in [5.74, 6) is -0.319. The number of nitrogens with one attached hydrogen (secondary N) is 1. The predicted octanol–water partition coefficient (Wildman–Crippen LogP) is 1.29. The highest BCUT2D eigenvalue weighted by atomic mass is 32.1. The van der Waals surface area contributed by atoms with E-state index in [1.807, 2.05) is 17.5 Å². The first kappa shape index (κ1) is 16.1. The van der Waals surface area contributed by atoms with Crippen molar-refractivity contribution in [3.05, 3.63) is 52.5 Å². The molecule has 1 N–H and O–H groups in total. The van der Waals surface area contributed by atoms with Gasteiger partial charge in [0.15, 0.2) is 5.65 Å². The Hall–Kier alpha value is -3.40. The molecule has 0 bridgehead atoms. The molecule has 1 aromatic carbocycles. The summed E-state index contributed by atoms with van der Waals surface area (Å²) in [6.45, 7) is -0.131. The lowest BCUT2D eigenvalue weighted by molar-refractivity contribution is -0.116. The van der Waals surface area contributed by atoms with E-state index < -0.39 is 0 Å². The molecular formula is C16H13N7O2S. The smallest absolute Gasteiger partial charge is 0.264 e. The number of anilines is 1. The Bertz CT molecular complexity index is 1130. The van der Waals surface area contributed by atoms with Crippen LogP contribution in [0.2, 0.25) is 0 Å². The zero-order valence-corrected chi connectivity index (χ0v) is 14.5. The normalized spacial score (nSPS) is 11.0. The van der Waals surface area contributed by atoms with Gasteiger partial charge in [0.25, 0.3) is 5.56 Å². The molecule has 0 aliphatic rings. The Kier molecular flexibility index (Phi) is 4.01. The van der Waals surface area contributed by atoms with Crippen molar-refractivity contribution in [1.29, 1.82) is 0 Å². The van der Waals surface area contributed by atoms with Crippen LogP contribution in [-0.4, -0.2) is 34.8 Å². The third-order valence-corrected chi connectivity index (χ3v) is 4.36. The van der Waals surface area contributed by atoms with E-state index in [9.17, 15) is 9.59 Å². The SMILES string of the molecule is Cn1ncc2c(=O)n(CC(=O)Nc3ccc(-c4csnn4)cc3)cnc21. The topological polar surface area (TPSA) is 108 Å². The van der Waals surface area contributed by atoms with Crippen molar-refractivity contribution >= 4 is 34.2 Å². The molecule has 1 amide bonds. The first-order chi connectivity index (χ1) is 12.6. The molecule has 4 aromatic rings. The number of carbonyl (C=O) groups is 1. The number of hydrogen-bond acceptors (Lipinski definition) is 7. The molecule has 0 radical (unpaired) electrons. The number of nitrogens with zero attached hydrogens (tertiary/aromatic N) is 6. The molecule has 4 rings (SSSR count). The van der Waals surface area contributed by atoms with Gasteiger partial charge in [-0.05, 0) is 23.7 Å². The van der Waals surface area contributed by atoms with Crippen LogP contribution in [0.4, 0.5) is 5.69 Å². The van der Waals surface area contributed by atoms with E-state index >= 15 is 0 Å². The number of hydrogen-bond donors (Lipinski definition) is 1. The largest absolute Gasteiger partial charge is 0.325 e. The van der Waals surface area contributed by atoms with Crippen LogP contribution in [0.5, 0.6) is 0 Å². The van der Waals surface area contributed by atoms with Crippen LogP contribution in [0.15, 0.2) is 47.0 Å². The molecule has 9 nitrogen and oxygen atoms in total. The number of rotatable bonds is 4. The maximum absolute atomic E-state index is 12.4. The first-order valence-electron chi connectivity index (χ1n) is 7.66. The highest BCUT2D eigenvalue weighted by Crippen LogP contribution is 2.20. The van der Waals surface area contributed by atoms with E-state index in [1.54, 1.807) is 19.2 Å². The predicted molar refractivity (Wildman–Crippen MR) is 96.7 cm³/mol. The van der Waals surface area contributed by atoms with Crippen molar-refractivity contribution in [3.8, 4) is 11.3 Å². The molecule has 130 valence electrons. The van der Waals surface area contributed by atoms with Crippen molar-refractivity contribution in [2.75, 3.05) is 5.32 Å². The molecule has 0 fully saturated rings. The Morgan fingerprint density at radius 3 is 2.81 bits per heavy atom. The molecule has 3 aromatic heterocycles. The lowest BCUT2D eigenvalue weighted by Crippen LogP contribution is -2.27. The lowest BCUT2D eigenvalue weighted by Gasteiger charge is -2.08. The number of fused-ring (bicyclic) bond motifs is 1. The Morgan fingerprint density at radius 2 is 2.08 bits per heavy atom. The van der Waals surface area contributed by atoms with Crippen molar-refractivity contribution in [2.45, 2.75) is 6.54 Å². The van der Waals surface area contributed by atoms with Crippen LogP contribution < -0.4 is 10.9 Å². The molecular weight excluding hydrogens is 354 g/mol. The summed E-state index contributed by atoms with van der Waals surface area (Å²) in [7, 11) is 1.71.